The van der Waals surface area contributed by atoms with E-state index in [9.17, 15) is 9.90 Å². The van der Waals surface area contributed by atoms with Gasteiger partial charge in [-0.15, -0.1) is 0 Å². The molecule has 1 fully saturated rings. The summed E-state index contributed by atoms with van der Waals surface area (Å²) in [5.41, 5.74) is 6.47. The van der Waals surface area contributed by atoms with Crippen molar-refractivity contribution in [3.05, 3.63) is 23.8 Å². The Balaban J connectivity index is 2.01. The van der Waals surface area contributed by atoms with E-state index >= 15 is 0 Å². The van der Waals surface area contributed by atoms with Gasteiger partial charge in [-0.1, -0.05) is 0 Å². The van der Waals surface area contributed by atoms with E-state index in [1.807, 2.05) is 0 Å². The summed E-state index contributed by atoms with van der Waals surface area (Å²) < 4.78 is 0. The minimum absolute atomic E-state index is 0.0535. The number of nitrogens with two attached hydrogens (primary N) is 1. The average Bonchev–Trinajstić information content (AvgIpc) is 2.35. The summed E-state index contributed by atoms with van der Waals surface area (Å²) in [6.45, 7) is 1.97. The maximum Gasteiger partial charge on any atom is 0.253 e. The number of carbonyl (C=O) groups is 1. The Morgan fingerprint density at radius 1 is 1.44 bits per heavy atom. The molecule has 0 saturated carbocycles. The zero-order chi connectivity index (χ0) is 13.1. The first-order valence-electron chi connectivity index (χ1n) is 6.14. The van der Waals surface area contributed by atoms with Crippen molar-refractivity contribution >= 4 is 11.6 Å². The Labute approximate surface area is 107 Å². The highest BCUT2D eigenvalue weighted by atomic mass is 16.3. The molecule has 0 atom stereocenters. The van der Waals surface area contributed by atoms with Gasteiger partial charge in [-0.3, -0.25) is 4.79 Å². The van der Waals surface area contributed by atoms with Gasteiger partial charge in [0.15, 0.2) is 0 Å². The first kappa shape index (κ1) is 12.7. The zero-order valence-corrected chi connectivity index (χ0v) is 10.5. The van der Waals surface area contributed by atoms with Crippen molar-refractivity contribution in [2.75, 3.05) is 25.9 Å². The van der Waals surface area contributed by atoms with Crippen molar-refractivity contribution in [2.45, 2.75) is 18.9 Å². The number of rotatable bonds is 2. The molecule has 0 unspecified atom stereocenters. The molecule has 98 valence electrons. The van der Waals surface area contributed by atoms with Crippen LogP contribution >= 0.6 is 0 Å². The van der Waals surface area contributed by atoms with Crippen LogP contribution in [0, 0.1) is 0 Å². The van der Waals surface area contributed by atoms with Crippen LogP contribution in [0.25, 0.3) is 0 Å². The zero-order valence-electron chi connectivity index (χ0n) is 10.5. The molecule has 0 bridgehead atoms. The van der Waals surface area contributed by atoms with Crippen LogP contribution in [0.5, 0.6) is 5.75 Å². The predicted octanol–water partition coefficient (Wildman–Crippen LogP) is 0.798. The molecule has 0 spiro atoms. The number of phenols is 1. The van der Waals surface area contributed by atoms with Crippen molar-refractivity contribution in [1.82, 2.24) is 10.2 Å². The maximum absolute atomic E-state index is 12.1. The number of amides is 1. The van der Waals surface area contributed by atoms with Gasteiger partial charge < -0.3 is 21.1 Å². The second kappa shape index (κ2) is 5.27. The van der Waals surface area contributed by atoms with Crippen LogP contribution in [0.15, 0.2) is 18.2 Å². The summed E-state index contributed by atoms with van der Waals surface area (Å²) in [7, 11) is 2.07. The Hall–Kier alpha value is -1.75. The summed E-state index contributed by atoms with van der Waals surface area (Å²) in [5.74, 6) is -0.157. The number of carbonyl (C=O) groups excluding carboxylic acids is 1. The van der Waals surface area contributed by atoms with E-state index in [1.54, 1.807) is 6.07 Å². The fourth-order valence-corrected chi connectivity index (χ4v) is 2.16. The van der Waals surface area contributed by atoms with E-state index in [2.05, 4.69) is 17.3 Å². The minimum atomic E-state index is -0.210. The summed E-state index contributed by atoms with van der Waals surface area (Å²) in [6, 6.07) is 4.61. The summed E-state index contributed by atoms with van der Waals surface area (Å²) in [6.07, 6.45) is 1.89. The Morgan fingerprint density at radius 3 is 2.78 bits per heavy atom. The molecule has 0 radical (unpaired) electrons. The molecule has 1 aliphatic heterocycles. The molecule has 1 aromatic rings. The van der Waals surface area contributed by atoms with Crippen molar-refractivity contribution in [3.8, 4) is 5.75 Å². The van der Waals surface area contributed by atoms with Crippen LogP contribution in [-0.2, 0) is 0 Å². The number of hydrogen-bond donors (Lipinski definition) is 3. The van der Waals surface area contributed by atoms with E-state index < -0.39 is 0 Å². The molecule has 5 nitrogen and oxygen atoms in total. The van der Waals surface area contributed by atoms with Crippen LogP contribution in [0.2, 0.25) is 0 Å². The number of piperidine rings is 1. The number of nitrogens with zero attached hydrogens (tertiary/aromatic N) is 1. The van der Waals surface area contributed by atoms with E-state index in [0.29, 0.717) is 11.3 Å². The maximum atomic E-state index is 12.1. The van der Waals surface area contributed by atoms with Crippen molar-refractivity contribution in [2.24, 2.45) is 0 Å². The van der Waals surface area contributed by atoms with Crippen molar-refractivity contribution in [1.29, 1.82) is 0 Å². The number of aromatic hydroxyl groups is 1. The van der Waals surface area contributed by atoms with Crippen LogP contribution in [-0.4, -0.2) is 42.1 Å². The highest BCUT2D eigenvalue weighted by Crippen LogP contribution is 2.19. The van der Waals surface area contributed by atoms with Crippen LogP contribution in [0.4, 0.5) is 5.69 Å². The number of nitrogen functional groups attached to an aromatic ring is 1. The normalized spacial score (nSPS) is 17.6. The molecule has 0 aromatic heterocycles. The lowest BCUT2D eigenvalue weighted by Gasteiger charge is -2.29. The third-order valence-corrected chi connectivity index (χ3v) is 3.34. The Kier molecular flexibility index (Phi) is 3.72. The van der Waals surface area contributed by atoms with Gasteiger partial charge in [0.1, 0.15) is 5.75 Å². The van der Waals surface area contributed by atoms with Gasteiger partial charge in [0.2, 0.25) is 0 Å². The highest BCUT2D eigenvalue weighted by Gasteiger charge is 2.20. The highest BCUT2D eigenvalue weighted by molar-refractivity contribution is 5.99. The predicted molar refractivity (Wildman–Crippen MR) is 70.5 cm³/mol. The van der Waals surface area contributed by atoms with Crippen LogP contribution in [0.1, 0.15) is 23.2 Å². The number of likely N-dealkylation sites (tertiary alicyclic amines) is 1. The molecule has 1 saturated heterocycles. The molecular weight excluding hydrogens is 230 g/mol. The second-order valence-electron chi connectivity index (χ2n) is 4.82. The van der Waals surface area contributed by atoms with E-state index in [1.165, 1.54) is 12.1 Å². The molecular formula is C13H19N3O2. The molecule has 4 N–H and O–H groups in total. The number of benzene rings is 1. The molecule has 1 aromatic carbocycles. The SMILES string of the molecule is CN1CCC(NC(=O)c2cc(O)ccc2N)CC1. The number of nitrogens with one attached hydrogen (secondary N) is 1. The number of hydrogen-bond acceptors (Lipinski definition) is 4. The lowest BCUT2D eigenvalue weighted by molar-refractivity contribution is 0.0917. The third kappa shape index (κ3) is 2.92. The van der Waals surface area contributed by atoms with Crippen LogP contribution in [0.3, 0.4) is 0 Å². The third-order valence-electron chi connectivity index (χ3n) is 3.34. The lowest BCUT2D eigenvalue weighted by Crippen LogP contribution is -2.43. The van der Waals surface area contributed by atoms with Gasteiger partial charge in [0.05, 0.1) is 5.56 Å². The fourth-order valence-electron chi connectivity index (χ4n) is 2.16. The number of phenolic OH excluding ortho intramolecular Hbond substituents is 1. The van der Waals surface area contributed by atoms with Crippen molar-refractivity contribution < 1.29 is 9.90 Å². The average molecular weight is 249 g/mol. The molecule has 18 heavy (non-hydrogen) atoms. The molecule has 1 heterocycles. The largest absolute Gasteiger partial charge is 0.508 e. The van der Waals surface area contributed by atoms with E-state index in [4.69, 9.17) is 5.73 Å². The lowest BCUT2D eigenvalue weighted by atomic mass is 10.0. The summed E-state index contributed by atoms with van der Waals surface area (Å²) >= 11 is 0. The molecule has 1 amide bonds. The van der Waals surface area contributed by atoms with Gasteiger partial charge in [-0.2, -0.15) is 0 Å². The van der Waals surface area contributed by atoms with Gasteiger partial charge in [-0.25, -0.2) is 0 Å². The van der Waals surface area contributed by atoms with E-state index in [-0.39, 0.29) is 17.7 Å². The topological polar surface area (TPSA) is 78.6 Å². The standard InChI is InChI=1S/C13H19N3O2/c1-16-6-4-9(5-7-16)15-13(18)11-8-10(17)2-3-12(11)14/h2-3,8-9,17H,4-7,14H2,1H3,(H,15,18). The molecule has 5 heteroatoms. The van der Waals surface area contributed by atoms with Gasteiger partial charge >= 0.3 is 0 Å². The van der Waals surface area contributed by atoms with E-state index in [0.717, 1.165) is 25.9 Å². The van der Waals surface area contributed by atoms with Gasteiger partial charge in [-0.05, 0) is 51.2 Å². The Bertz CT molecular complexity index is 440. The smallest absolute Gasteiger partial charge is 0.253 e. The first-order valence-corrected chi connectivity index (χ1v) is 6.14. The molecule has 0 aliphatic carbocycles. The van der Waals surface area contributed by atoms with Gasteiger partial charge in [0, 0.05) is 11.7 Å². The summed E-state index contributed by atoms with van der Waals surface area (Å²) in [5, 5.41) is 12.4. The molecule has 1 aliphatic rings. The monoisotopic (exact) mass is 249 g/mol. The van der Waals surface area contributed by atoms with Crippen molar-refractivity contribution in [3.63, 3.8) is 0 Å². The van der Waals surface area contributed by atoms with Crippen LogP contribution < -0.4 is 11.1 Å². The quantitative estimate of drug-likeness (QED) is 0.535. The minimum Gasteiger partial charge on any atom is -0.508 e. The second-order valence-corrected chi connectivity index (χ2v) is 4.82. The first-order chi connectivity index (χ1) is 8.56. The fraction of sp³-hybridized carbons (Fsp3) is 0.462. The van der Waals surface area contributed by atoms with Gasteiger partial charge in [0.25, 0.3) is 5.91 Å². The summed E-state index contributed by atoms with van der Waals surface area (Å²) in [4.78, 5) is 14.3. The molecule has 2 rings (SSSR count). The number of anilines is 1. The Morgan fingerprint density at radius 2 is 2.11 bits per heavy atom.